The van der Waals surface area contributed by atoms with Crippen molar-refractivity contribution in [1.82, 2.24) is 19.2 Å². The molecule has 0 saturated carbocycles. The zero-order chi connectivity index (χ0) is 21.0. The number of hydrogen-bond donors (Lipinski definition) is 0. The van der Waals surface area contributed by atoms with Gasteiger partial charge < -0.3 is 23.8 Å². The first-order valence-electron chi connectivity index (χ1n) is 10.1. The first-order valence-corrected chi connectivity index (χ1v) is 10.1. The topological polar surface area (TPSA) is 22.2 Å². The van der Waals surface area contributed by atoms with Crippen molar-refractivity contribution in [3.8, 4) is 0 Å². The van der Waals surface area contributed by atoms with Crippen LogP contribution in [-0.4, -0.2) is 55.8 Å². The number of rotatable bonds is 2. The molecule has 0 aromatic heterocycles. The Morgan fingerprint density at radius 3 is 0.778 bits per heavy atom. The lowest BCUT2D eigenvalue weighted by Gasteiger charge is -2.47. The summed E-state index contributed by atoms with van der Waals surface area (Å²) in [5.41, 5.74) is -0.142. The summed E-state index contributed by atoms with van der Waals surface area (Å²) in [4.78, 5) is 9.27. The van der Waals surface area contributed by atoms with Gasteiger partial charge in [-0.2, -0.15) is 0 Å². The molecule has 5 nitrogen and oxygen atoms in total. The molecule has 0 saturated heterocycles. The summed E-state index contributed by atoms with van der Waals surface area (Å²) in [7, 11) is -0.325. The average molecular weight is 374 g/mol. The Morgan fingerprint density at radius 1 is 0.444 bits per heavy atom. The standard InChI is InChI=1S/C20H40B2N4O/c1-17(2,3)23-13-14-24(18(4,5)6)21(23)27-22-25(19(7,8)9)15-16-26(22)20(10,11)12/h13-16H,1-12H3. The Kier molecular flexibility index (Phi) is 5.46. The first-order chi connectivity index (χ1) is 11.9. The predicted molar refractivity (Wildman–Crippen MR) is 117 cm³/mol. The second-order valence-corrected chi connectivity index (χ2v) is 11.7. The van der Waals surface area contributed by atoms with E-state index in [4.69, 9.17) is 4.57 Å². The van der Waals surface area contributed by atoms with Crippen LogP contribution < -0.4 is 0 Å². The van der Waals surface area contributed by atoms with Gasteiger partial charge in [0, 0.05) is 47.0 Å². The maximum absolute atomic E-state index is 6.91. The van der Waals surface area contributed by atoms with E-state index in [0.717, 1.165) is 0 Å². The molecule has 0 amide bonds. The van der Waals surface area contributed by atoms with Crippen LogP contribution in [0.4, 0.5) is 0 Å². The average Bonchev–Trinajstić information content (AvgIpc) is 2.99. The summed E-state index contributed by atoms with van der Waals surface area (Å²) in [5.74, 6) is 0. The van der Waals surface area contributed by atoms with Crippen LogP contribution in [0.25, 0.3) is 0 Å². The largest absolute Gasteiger partial charge is 0.535 e. The SMILES string of the molecule is CC(C)(C)N1C=CN(C(C)(C)C)B1OB1N(C(C)(C)C)C=CN1C(C)(C)C. The van der Waals surface area contributed by atoms with Gasteiger partial charge in [0.25, 0.3) is 0 Å². The molecule has 0 aromatic rings. The lowest BCUT2D eigenvalue weighted by Crippen LogP contribution is -2.66. The highest BCUT2D eigenvalue weighted by atomic mass is 16.4. The Labute approximate surface area is 168 Å². The summed E-state index contributed by atoms with van der Waals surface area (Å²) >= 11 is 0. The van der Waals surface area contributed by atoms with Crippen molar-refractivity contribution in [3.63, 3.8) is 0 Å². The molecule has 0 aliphatic carbocycles. The Balaban J connectivity index is 2.40. The zero-order valence-corrected chi connectivity index (χ0v) is 19.7. The fourth-order valence-electron chi connectivity index (χ4n) is 3.44. The summed E-state index contributed by atoms with van der Waals surface area (Å²) in [6.45, 7) is 26.8. The van der Waals surface area contributed by atoms with Crippen LogP contribution >= 0.6 is 0 Å². The molecule has 0 atom stereocenters. The highest BCUT2D eigenvalue weighted by Gasteiger charge is 2.52. The lowest BCUT2D eigenvalue weighted by molar-refractivity contribution is 0.191. The van der Waals surface area contributed by atoms with Crippen molar-refractivity contribution < 1.29 is 4.57 Å². The van der Waals surface area contributed by atoms with E-state index in [1.54, 1.807) is 0 Å². The first kappa shape index (κ1) is 22.1. The van der Waals surface area contributed by atoms with Crippen LogP contribution in [0.3, 0.4) is 0 Å². The van der Waals surface area contributed by atoms with Crippen molar-refractivity contribution in [2.75, 3.05) is 0 Å². The minimum atomic E-state index is -0.162. The predicted octanol–water partition coefficient (Wildman–Crippen LogP) is 4.34. The molecule has 2 heterocycles. The monoisotopic (exact) mass is 374 g/mol. The van der Waals surface area contributed by atoms with Crippen molar-refractivity contribution in [2.24, 2.45) is 0 Å². The van der Waals surface area contributed by atoms with Crippen molar-refractivity contribution in [2.45, 2.75) is 105 Å². The smallest absolute Gasteiger partial charge is 0.423 e. The van der Waals surface area contributed by atoms with Gasteiger partial charge in [-0.25, -0.2) is 0 Å². The highest BCUT2D eigenvalue weighted by Crippen LogP contribution is 2.34. The molecule has 0 fully saturated rings. The van der Waals surface area contributed by atoms with Crippen molar-refractivity contribution >= 4 is 14.4 Å². The van der Waals surface area contributed by atoms with Gasteiger partial charge in [0.1, 0.15) is 0 Å². The van der Waals surface area contributed by atoms with Crippen LogP contribution in [0.5, 0.6) is 0 Å². The molecule has 0 spiro atoms. The van der Waals surface area contributed by atoms with Gasteiger partial charge in [0.05, 0.1) is 0 Å². The summed E-state index contributed by atoms with van der Waals surface area (Å²) < 4.78 is 6.91. The number of nitrogens with zero attached hydrogens (tertiary/aromatic N) is 4. The van der Waals surface area contributed by atoms with E-state index in [-0.39, 0.29) is 36.5 Å². The Morgan fingerprint density at radius 2 is 0.630 bits per heavy atom. The molecule has 152 valence electrons. The molecule has 0 N–H and O–H groups in total. The van der Waals surface area contributed by atoms with Crippen molar-refractivity contribution in [3.05, 3.63) is 24.8 Å². The van der Waals surface area contributed by atoms with E-state index in [9.17, 15) is 0 Å². The lowest BCUT2D eigenvalue weighted by atomic mass is 9.77. The maximum Gasteiger partial charge on any atom is 0.535 e. The third-order valence-corrected chi connectivity index (χ3v) is 5.07. The van der Waals surface area contributed by atoms with Gasteiger partial charge >= 0.3 is 14.4 Å². The van der Waals surface area contributed by atoms with Crippen LogP contribution in [0, 0.1) is 0 Å². The summed E-state index contributed by atoms with van der Waals surface area (Å²) in [6.07, 6.45) is 8.67. The van der Waals surface area contributed by atoms with Gasteiger partial charge in [-0.1, -0.05) is 0 Å². The fourth-order valence-corrected chi connectivity index (χ4v) is 3.44. The summed E-state index contributed by atoms with van der Waals surface area (Å²) in [6, 6.07) is 0. The normalized spacial score (nSPS) is 19.3. The van der Waals surface area contributed by atoms with Crippen molar-refractivity contribution in [1.29, 1.82) is 0 Å². The van der Waals surface area contributed by atoms with E-state index in [1.807, 2.05) is 0 Å². The zero-order valence-electron chi connectivity index (χ0n) is 19.7. The second-order valence-electron chi connectivity index (χ2n) is 11.7. The summed E-state index contributed by atoms with van der Waals surface area (Å²) in [5, 5.41) is 0. The molecule has 0 bridgehead atoms. The van der Waals surface area contributed by atoms with Crippen LogP contribution in [-0.2, 0) is 4.57 Å². The van der Waals surface area contributed by atoms with E-state index < -0.39 is 0 Å². The van der Waals surface area contributed by atoms with E-state index in [2.05, 4.69) is 127 Å². The maximum atomic E-state index is 6.91. The molecule has 27 heavy (non-hydrogen) atoms. The molecular weight excluding hydrogens is 334 g/mol. The minimum absolute atomic E-state index is 0.0354. The van der Waals surface area contributed by atoms with E-state index in [0.29, 0.717) is 0 Å². The number of hydrogen-bond acceptors (Lipinski definition) is 5. The van der Waals surface area contributed by atoms with E-state index in [1.165, 1.54) is 0 Å². The third kappa shape index (κ3) is 4.61. The minimum Gasteiger partial charge on any atom is -0.423 e. The molecule has 0 aromatic carbocycles. The second kappa shape index (κ2) is 6.68. The molecule has 2 aliphatic heterocycles. The van der Waals surface area contributed by atoms with Gasteiger partial charge in [-0.05, 0) is 83.1 Å². The van der Waals surface area contributed by atoms with Gasteiger partial charge in [-0.3, -0.25) is 0 Å². The quantitative estimate of drug-likeness (QED) is 0.669. The highest BCUT2D eigenvalue weighted by molar-refractivity contribution is 6.62. The molecule has 2 rings (SSSR count). The van der Waals surface area contributed by atoms with Crippen LogP contribution in [0.15, 0.2) is 24.8 Å². The van der Waals surface area contributed by atoms with Gasteiger partial charge in [0.15, 0.2) is 0 Å². The van der Waals surface area contributed by atoms with Crippen LogP contribution in [0.2, 0.25) is 0 Å². The molecule has 0 unspecified atom stereocenters. The molecule has 7 heteroatoms. The van der Waals surface area contributed by atoms with Gasteiger partial charge in [0.2, 0.25) is 0 Å². The van der Waals surface area contributed by atoms with Crippen LogP contribution in [0.1, 0.15) is 83.1 Å². The van der Waals surface area contributed by atoms with E-state index >= 15 is 0 Å². The Hall–Kier alpha value is -1.23. The van der Waals surface area contributed by atoms with Gasteiger partial charge in [-0.15, -0.1) is 0 Å². The fraction of sp³-hybridized carbons (Fsp3) is 0.800. The third-order valence-electron chi connectivity index (χ3n) is 5.07. The molecule has 0 radical (unpaired) electrons. The molecular formula is C20H40B2N4O. The molecule has 2 aliphatic rings. The Bertz CT molecular complexity index is 493.